The van der Waals surface area contributed by atoms with E-state index in [1.54, 1.807) is 4.90 Å². The molecule has 0 aromatic heterocycles. The molecule has 2 atom stereocenters. The molecule has 0 radical (unpaired) electrons. The van der Waals surface area contributed by atoms with Crippen LogP contribution >= 0.6 is 0 Å². The van der Waals surface area contributed by atoms with E-state index < -0.39 is 0 Å². The van der Waals surface area contributed by atoms with Crippen molar-refractivity contribution in [1.82, 2.24) is 4.90 Å². The van der Waals surface area contributed by atoms with E-state index in [4.69, 9.17) is 0 Å². The maximum atomic E-state index is 12.6. The van der Waals surface area contributed by atoms with Gasteiger partial charge in [-0.1, -0.05) is 31.0 Å². The molecule has 1 aliphatic carbocycles. The summed E-state index contributed by atoms with van der Waals surface area (Å²) in [7, 11) is 0. The molecule has 0 bridgehead atoms. The maximum Gasteiger partial charge on any atom is 0.237 e. The maximum absolute atomic E-state index is 12.6. The topological polar surface area (TPSA) is 45.1 Å². The number of nitrogens with zero attached hydrogens (tertiary/aromatic N) is 2. The predicted octanol–water partition coefficient (Wildman–Crippen LogP) is 0.524. The molecular formula is C19H26N3O2+. The Kier molecular flexibility index (Phi) is 4.27. The van der Waals surface area contributed by atoms with Crippen LogP contribution in [0, 0.1) is 11.8 Å². The van der Waals surface area contributed by atoms with Crippen LogP contribution in [0.5, 0.6) is 0 Å². The molecular weight excluding hydrogens is 302 g/mol. The average molecular weight is 328 g/mol. The SMILES string of the molecule is O=C1[C@@H]2CCCC[C@H]2C(=O)N1C[NH+]1CCN(c2ccccc2)CC1. The predicted molar refractivity (Wildman–Crippen MR) is 91.5 cm³/mol. The second-order valence-electron chi connectivity index (χ2n) is 7.33. The van der Waals surface area contributed by atoms with Crippen LogP contribution in [-0.2, 0) is 9.59 Å². The highest BCUT2D eigenvalue weighted by Crippen LogP contribution is 2.37. The van der Waals surface area contributed by atoms with Gasteiger partial charge in [-0.05, 0) is 25.0 Å². The Bertz CT molecular complexity index is 586. The number of amides is 2. The summed E-state index contributed by atoms with van der Waals surface area (Å²) in [5, 5.41) is 0. The van der Waals surface area contributed by atoms with Crippen molar-refractivity contribution in [2.75, 3.05) is 37.7 Å². The number of nitrogens with one attached hydrogen (secondary N) is 1. The average Bonchev–Trinajstić information content (AvgIpc) is 2.88. The number of quaternary nitrogens is 1. The number of benzene rings is 1. The zero-order valence-corrected chi connectivity index (χ0v) is 14.1. The highest BCUT2D eigenvalue weighted by molar-refractivity contribution is 6.05. The third-order valence-electron chi connectivity index (χ3n) is 5.91. The number of imide groups is 1. The number of piperazine rings is 1. The van der Waals surface area contributed by atoms with Crippen molar-refractivity contribution in [3.05, 3.63) is 30.3 Å². The Morgan fingerprint density at radius 3 is 2.08 bits per heavy atom. The van der Waals surface area contributed by atoms with Gasteiger partial charge in [-0.25, -0.2) is 4.90 Å². The monoisotopic (exact) mass is 328 g/mol. The first-order chi connectivity index (χ1) is 11.7. The zero-order valence-electron chi connectivity index (χ0n) is 14.1. The standard InChI is InChI=1S/C19H25N3O2/c23-18-16-8-4-5-9-17(16)19(24)22(18)14-20-10-12-21(13-11-20)15-6-2-1-3-7-15/h1-3,6-7,16-17H,4-5,8-14H2/p+1/t16-,17-/m1/s1. The van der Waals surface area contributed by atoms with Crippen molar-refractivity contribution < 1.29 is 14.5 Å². The minimum atomic E-state index is -0.0174. The molecule has 0 spiro atoms. The van der Waals surface area contributed by atoms with Crippen LogP contribution in [0.2, 0.25) is 0 Å². The molecule has 2 amide bonds. The van der Waals surface area contributed by atoms with Crippen molar-refractivity contribution in [1.29, 1.82) is 0 Å². The lowest BCUT2D eigenvalue weighted by atomic mass is 9.81. The van der Waals surface area contributed by atoms with E-state index in [-0.39, 0.29) is 23.7 Å². The molecule has 1 N–H and O–H groups in total. The van der Waals surface area contributed by atoms with E-state index in [1.165, 1.54) is 10.6 Å². The van der Waals surface area contributed by atoms with Gasteiger partial charge in [0.2, 0.25) is 11.8 Å². The van der Waals surface area contributed by atoms with Crippen LogP contribution in [0.15, 0.2) is 30.3 Å². The summed E-state index contributed by atoms with van der Waals surface area (Å²) < 4.78 is 0. The van der Waals surface area contributed by atoms with Gasteiger partial charge in [0.15, 0.2) is 6.67 Å². The summed E-state index contributed by atoms with van der Waals surface area (Å²) in [6.07, 6.45) is 4.00. The van der Waals surface area contributed by atoms with Gasteiger partial charge in [0.25, 0.3) is 0 Å². The summed E-state index contributed by atoms with van der Waals surface area (Å²) in [5.41, 5.74) is 1.26. The van der Waals surface area contributed by atoms with E-state index in [0.29, 0.717) is 6.67 Å². The van der Waals surface area contributed by atoms with Crippen molar-refractivity contribution in [3.63, 3.8) is 0 Å². The molecule has 128 valence electrons. The fourth-order valence-electron chi connectivity index (χ4n) is 4.49. The third kappa shape index (κ3) is 2.81. The van der Waals surface area contributed by atoms with Crippen molar-refractivity contribution in [2.45, 2.75) is 25.7 Å². The van der Waals surface area contributed by atoms with Gasteiger partial charge in [-0.2, -0.15) is 0 Å². The molecule has 5 heteroatoms. The van der Waals surface area contributed by atoms with E-state index in [0.717, 1.165) is 51.9 Å². The Balaban J connectivity index is 1.35. The van der Waals surface area contributed by atoms with Crippen molar-refractivity contribution in [3.8, 4) is 0 Å². The number of para-hydroxylation sites is 1. The second-order valence-corrected chi connectivity index (χ2v) is 7.33. The fraction of sp³-hybridized carbons (Fsp3) is 0.579. The first-order valence-corrected chi connectivity index (χ1v) is 9.23. The molecule has 24 heavy (non-hydrogen) atoms. The number of carbonyl (C=O) groups excluding carboxylic acids is 2. The van der Waals surface area contributed by atoms with Crippen LogP contribution in [0.3, 0.4) is 0 Å². The van der Waals surface area contributed by atoms with E-state index in [2.05, 4.69) is 29.2 Å². The van der Waals surface area contributed by atoms with E-state index >= 15 is 0 Å². The van der Waals surface area contributed by atoms with Crippen molar-refractivity contribution >= 4 is 17.5 Å². The number of rotatable bonds is 3. The van der Waals surface area contributed by atoms with Gasteiger partial charge < -0.3 is 9.80 Å². The van der Waals surface area contributed by atoms with Gasteiger partial charge in [-0.15, -0.1) is 0 Å². The molecule has 0 unspecified atom stereocenters. The minimum Gasteiger partial charge on any atom is -0.360 e. The van der Waals surface area contributed by atoms with Crippen LogP contribution in [0.1, 0.15) is 25.7 Å². The number of hydrogen-bond acceptors (Lipinski definition) is 3. The molecule has 4 rings (SSSR count). The Hall–Kier alpha value is -1.88. The first-order valence-electron chi connectivity index (χ1n) is 9.23. The number of likely N-dealkylation sites (tertiary alicyclic amines) is 1. The summed E-state index contributed by atoms with van der Waals surface area (Å²) >= 11 is 0. The van der Waals surface area contributed by atoms with Crippen molar-refractivity contribution in [2.24, 2.45) is 11.8 Å². The van der Waals surface area contributed by atoms with E-state index in [1.807, 2.05) is 6.07 Å². The smallest absolute Gasteiger partial charge is 0.237 e. The van der Waals surface area contributed by atoms with Gasteiger partial charge in [-0.3, -0.25) is 9.59 Å². The Morgan fingerprint density at radius 2 is 1.50 bits per heavy atom. The highest BCUT2D eigenvalue weighted by Gasteiger charge is 2.49. The van der Waals surface area contributed by atoms with Crippen LogP contribution in [0.4, 0.5) is 5.69 Å². The van der Waals surface area contributed by atoms with Crippen LogP contribution < -0.4 is 9.80 Å². The molecule has 3 fully saturated rings. The lowest BCUT2D eigenvalue weighted by Gasteiger charge is -2.34. The molecule has 3 aliphatic rings. The van der Waals surface area contributed by atoms with Crippen LogP contribution in [0.25, 0.3) is 0 Å². The normalized spacial score (nSPS) is 28.3. The van der Waals surface area contributed by atoms with Gasteiger partial charge >= 0.3 is 0 Å². The van der Waals surface area contributed by atoms with Gasteiger partial charge in [0.05, 0.1) is 38.0 Å². The molecule has 2 heterocycles. The summed E-state index contributed by atoms with van der Waals surface area (Å²) in [6, 6.07) is 10.5. The minimum absolute atomic E-state index is 0.0174. The van der Waals surface area contributed by atoms with E-state index in [9.17, 15) is 9.59 Å². The molecule has 2 aliphatic heterocycles. The molecule has 2 saturated heterocycles. The fourth-order valence-corrected chi connectivity index (χ4v) is 4.49. The molecule has 1 aromatic rings. The Labute approximate surface area is 143 Å². The summed E-state index contributed by atoms with van der Waals surface area (Å²) in [5.74, 6) is 0.165. The number of carbonyl (C=O) groups is 2. The van der Waals surface area contributed by atoms with Gasteiger partial charge in [0.1, 0.15) is 0 Å². The lowest BCUT2D eigenvalue weighted by Crippen LogP contribution is -3.16. The second kappa shape index (κ2) is 6.55. The number of fused-ring (bicyclic) bond motifs is 1. The molecule has 5 nitrogen and oxygen atoms in total. The lowest BCUT2D eigenvalue weighted by molar-refractivity contribution is -0.908. The summed E-state index contributed by atoms with van der Waals surface area (Å²) in [6.45, 7) is 4.46. The number of anilines is 1. The third-order valence-corrected chi connectivity index (χ3v) is 5.91. The molecule has 1 saturated carbocycles. The first kappa shape index (κ1) is 15.6. The highest BCUT2D eigenvalue weighted by atomic mass is 16.2. The molecule has 1 aromatic carbocycles. The zero-order chi connectivity index (χ0) is 16.5. The van der Waals surface area contributed by atoms with Crippen LogP contribution in [-0.4, -0.2) is 49.6 Å². The quantitative estimate of drug-likeness (QED) is 0.823. The van der Waals surface area contributed by atoms with Gasteiger partial charge in [0, 0.05) is 5.69 Å². The summed E-state index contributed by atoms with van der Waals surface area (Å²) in [4.78, 5) is 30.5. The Morgan fingerprint density at radius 1 is 0.917 bits per heavy atom. The largest absolute Gasteiger partial charge is 0.360 e. The number of hydrogen-bond donors (Lipinski definition) is 1.